The molecule has 23 heavy (non-hydrogen) atoms. The maximum absolute atomic E-state index is 12.5. The van der Waals surface area contributed by atoms with Gasteiger partial charge in [-0.05, 0) is 57.0 Å². The van der Waals surface area contributed by atoms with Gasteiger partial charge < -0.3 is 15.2 Å². The Kier molecular flexibility index (Phi) is 4.54. The Bertz CT molecular complexity index is 854. The highest BCUT2D eigenvalue weighted by Gasteiger charge is 2.20. The maximum atomic E-state index is 12.5. The van der Waals surface area contributed by atoms with Crippen LogP contribution in [0.15, 0.2) is 23.0 Å². The van der Waals surface area contributed by atoms with Crippen molar-refractivity contribution in [3.63, 3.8) is 0 Å². The van der Waals surface area contributed by atoms with Crippen molar-refractivity contribution in [1.29, 1.82) is 0 Å². The summed E-state index contributed by atoms with van der Waals surface area (Å²) >= 11 is 0. The van der Waals surface area contributed by atoms with Crippen LogP contribution in [0, 0.1) is 13.8 Å². The molecule has 0 saturated carbocycles. The number of rotatable bonds is 4. The van der Waals surface area contributed by atoms with E-state index in [9.17, 15) is 19.8 Å². The molecule has 1 aromatic heterocycles. The zero-order valence-electron chi connectivity index (χ0n) is 13.7. The smallest absolute Gasteiger partial charge is 0.192 e. The number of aromatic nitrogens is 1. The first-order valence-corrected chi connectivity index (χ1v) is 7.37. The topological polar surface area (TPSA) is 90.4 Å². The van der Waals surface area contributed by atoms with Crippen molar-refractivity contribution in [3.8, 4) is 0 Å². The van der Waals surface area contributed by atoms with E-state index in [1.807, 2.05) is 6.92 Å². The average molecular weight is 315 g/mol. The van der Waals surface area contributed by atoms with E-state index in [0.29, 0.717) is 22.2 Å². The Morgan fingerprint density at radius 3 is 2.48 bits per heavy atom. The molecule has 0 saturated heterocycles. The highest BCUT2D eigenvalue weighted by atomic mass is 16.3. The minimum absolute atomic E-state index is 0.111. The molecule has 0 aliphatic carbocycles. The lowest BCUT2D eigenvalue weighted by Crippen LogP contribution is -2.29. The van der Waals surface area contributed by atoms with E-state index < -0.39 is 11.4 Å². The van der Waals surface area contributed by atoms with Gasteiger partial charge in [0.15, 0.2) is 11.2 Å². The number of aryl methyl sites for hydroxylation is 1. The van der Waals surface area contributed by atoms with Crippen molar-refractivity contribution in [1.82, 2.24) is 4.98 Å². The summed E-state index contributed by atoms with van der Waals surface area (Å²) in [6.07, 6.45) is 2.76. The molecule has 1 aromatic carbocycles. The number of carbonyl (C=O) groups is 1. The van der Waals surface area contributed by atoms with E-state index in [1.165, 1.54) is 26.0 Å². The fraction of sp³-hybridized carbons (Fsp3) is 0.333. The van der Waals surface area contributed by atoms with Crippen LogP contribution in [0.5, 0.6) is 0 Å². The lowest BCUT2D eigenvalue weighted by molar-refractivity contribution is -0.128. The molecule has 0 fully saturated rings. The molecular weight excluding hydrogens is 294 g/mol. The van der Waals surface area contributed by atoms with E-state index in [4.69, 9.17) is 0 Å². The molecule has 0 unspecified atom stereocenters. The van der Waals surface area contributed by atoms with Crippen molar-refractivity contribution in [2.45, 2.75) is 39.9 Å². The fourth-order valence-corrected chi connectivity index (χ4v) is 2.36. The lowest BCUT2D eigenvalue weighted by atomic mass is 10.0. The van der Waals surface area contributed by atoms with Crippen molar-refractivity contribution >= 4 is 22.8 Å². The number of aliphatic hydroxyl groups is 2. The van der Waals surface area contributed by atoms with Crippen LogP contribution < -0.4 is 5.43 Å². The van der Waals surface area contributed by atoms with Gasteiger partial charge in [-0.3, -0.25) is 9.59 Å². The number of benzene rings is 1. The Morgan fingerprint density at radius 2 is 1.91 bits per heavy atom. The van der Waals surface area contributed by atoms with Crippen LogP contribution in [-0.4, -0.2) is 26.6 Å². The van der Waals surface area contributed by atoms with E-state index in [2.05, 4.69) is 4.98 Å². The Morgan fingerprint density at radius 1 is 1.26 bits per heavy atom. The van der Waals surface area contributed by atoms with Gasteiger partial charge in [0.2, 0.25) is 0 Å². The van der Waals surface area contributed by atoms with Crippen LogP contribution in [0.4, 0.5) is 0 Å². The molecule has 122 valence electrons. The first kappa shape index (κ1) is 17.1. The highest BCUT2D eigenvalue weighted by Crippen LogP contribution is 2.20. The van der Waals surface area contributed by atoms with Crippen LogP contribution in [0.1, 0.15) is 36.2 Å². The van der Waals surface area contributed by atoms with Gasteiger partial charge in [0.1, 0.15) is 5.60 Å². The summed E-state index contributed by atoms with van der Waals surface area (Å²) in [5, 5.41) is 19.6. The lowest BCUT2D eigenvalue weighted by Gasteiger charge is -2.13. The minimum Gasteiger partial charge on any atom is -0.392 e. The fourth-order valence-electron chi connectivity index (χ4n) is 2.36. The van der Waals surface area contributed by atoms with Gasteiger partial charge in [0, 0.05) is 16.6 Å². The third-order valence-electron chi connectivity index (χ3n) is 4.00. The summed E-state index contributed by atoms with van der Waals surface area (Å²) in [6.45, 7) is 6.22. The molecule has 2 aromatic rings. The zero-order valence-corrected chi connectivity index (χ0v) is 13.7. The van der Waals surface area contributed by atoms with Crippen molar-refractivity contribution in [3.05, 3.63) is 50.8 Å². The number of aromatic amines is 1. The monoisotopic (exact) mass is 315 g/mol. The number of fused-ring (bicyclic) bond motifs is 1. The number of hydrogen-bond donors (Lipinski definition) is 3. The van der Waals surface area contributed by atoms with Crippen LogP contribution in [0.2, 0.25) is 0 Å². The van der Waals surface area contributed by atoms with E-state index in [1.54, 1.807) is 19.1 Å². The first-order valence-electron chi connectivity index (χ1n) is 7.37. The SMILES string of the molecule is Cc1c(C=CC(=O)C(C)(C)O)[nH]c2c(C)c(CO)ccc2c1=O. The second-order valence-electron chi connectivity index (χ2n) is 6.18. The Balaban J connectivity index is 2.64. The van der Waals surface area contributed by atoms with Crippen molar-refractivity contribution in [2.24, 2.45) is 0 Å². The molecule has 5 heteroatoms. The predicted octanol–water partition coefficient (Wildman–Crippen LogP) is 1.99. The van der Waals surface area contributed by atoms with Crippen LogP contribution in [0.25, 0.3) is 17.0 Å². The van der Waals surface area contributed by atoms with Crippen molar-refractivity contribution < 1.29 is 15.0 Å². The Labute approximate surface area is 134 Å². The minimum atomic E-state index is -1.46. The number of aliphatic hydroxyl groups excluding tert-OH is 1. The molecule has 0 radical (unpaired) electrons. The quantitative estimate of drug-likeness (QED) is 0.753. The standard InChI is InChI=1S/C18H21NO4/c1-10-12(9-20)5-6-13-16(10)19-14(11(2)17(13)22)7-8-15(21)18(3,4)23/h5-8,20,23H,9H2,1-4H3,(H,19,22). The van der Waals surface area contributed by atoms with Crippen molar-refractivity contribution in [2.75, 3.05) is 0 Å². The second-order valence-corrected chi connectivity index (χ2v) is 6.18. The number of carbonyl (C=O) groups excluding carboxylic acids is 1. The van der Waals surface area contributed by atoms with Gasteiger partial charge in [0.05, 0.1) is 12.1 Å². The normalized spacial score (nSPS) is 12.3. The van der Waals surface area contributed by atoms with E-state index in [-0.39, 0.29) is 12.0 Å². The molecular formula is C18H21NO4. The van der Waals surface area contributed by atoms with Gasteiger partial charge in [-0.25, -0.2) is 0 Å². The molecule has 2 rings (SSSR count). The number of nitrogens with one attached hydrogen (secondary N) is 1. The molecule has 0 aliphatic rings. The summed E-state index contributed by atoms with van der Waals surface area (Å²) in [7, 11) is 0. The number of pyridine rings is 1. The summed E-state index contributed by atoms with van der Waals surface area (Å²) in [6, 6.07) is 3.43. The maximum Gasteiger partial charge on any atom is 0.192 e. The summed E-state index contributed by atoms with van der Waals surface area (Å²) in [5.74, 6) is -0.446. The second kappa shape index (κ2) is 6.10. The summed E-state index contributed by atoms with van der Waals surface area (Å²) in [4.78, 5) is 27.4. The summed E-state index contributed by atoms with van der Waals surface area (Å²) < 4.78 is 0. The highest BCUT2D eigenvalue weighted by molar-refractivity contribution is 5.99. The van der Waals surface area contributed by atoms with Gasteiger partial charge >= 0.3 is 0 Å². The summed E-state index contributed by atoms with van der Waals surface area (Å²) in [5.41, 5.74) is 1.60. The zero-order chi connectivity index (χ0) is 17.4. The third-order valence-corrected chi connectivity index (χ3v) is 4.00. The molecule has 0 spiro atoms. The number of H-pyrrole nitrogens is 1. The molecule has 1 heterocycles. The van der Waals surface area contributed by atoms with E-state index in [0.717, 1.165) is 11.1 Å². The largest absolute Gasteiger partial charge is 0.392 e. The van der Waals surface area contributed by atoms with Gasteiger partial charge in [0.25, 0.3) is 0 Å². The van der Waals surface area contributed by atoms with Crippen LogP contribution in [-0.2, 0) is 11.4 Å². The van der Waals surface area contributed by atoms with Crippen LogP contribution in [0.3, 0.4) is 0 Å². The molecule has 0 aliphatic heterocycles. The third kappa shape index (κ3) is 3.25. The Hall–Kier alpha value is -2.24. The molecule has 3 N–H and O–H groups in total. The van der Waals surface area contributed by atoms with Gasteiger partial charge in [-0.15, -0.1) is 0 Å². The van der Waals surface area contributed by atoms with E-state index >= 15 is 0 Å². The predicted molar refractivity (Wildman–Crippen MR) is 90.3 cm³/mol. The number of hydrogen-bond acceptors (Lipinski definition) is 4. The molecule has 0 atom stereocenters. The van der Waals surface area contributed by atoms with Gasteiger partial charge in [-0.1, -0.05) is 6.07 Å². The first-order chi connectivity index (χ1) is 10.7. The van der Waals surface area contributed by atoms with Gasteiger partial charge in [-0.2, -0.15) is 0 Å². The average Bonchev–Trinajstić information content (AvgIpc) is 2.49. The number of ketones is 1. The molecule has 0 amide bonds. The molecule has 0 bridgehead atoms. The molecule has 5 nitrogen and oxygen atoms in total. The van der Waals surface area contributed by atoms with Crippen LogP contribution >= 0.6 is 0 Å².